The van der Waals surface area contributed by atoms with Gasteiger partial charge in [0, 0.05) is 11.0 Å². The molecule has 134 valence electrons. The van der Waals surface area contributed by atoms with Crippen molar-refractivity contribution in [2.24, 2.45) is 22.7 Å². The minimum absolute atomic E-state index is 0.0189. The van der Waals surface area contributed by atoms with Crippen molar-refractivity contribution in [3.05, 3.63) is 23.8 Å². The molecule has 5 atom stereocenters. The number of aliphatic hydroxyl groups excluding tert-OH is 2. The number of allylic oxidation sites excluding steroid dienone is 1. The topological polar surface area (TPSA) is 66.8 Å². The van der Waals surface area contributed by atoms with Crippen molar-refractivity contribution >= 4 is 5.97 Å². The average Bonchev–Trinajstić information content (AvgIpc) is 2.96. The maximum atomic E-state index is 11.7. The summed E-state index contributed by atoms with van der Waals surface area (Å²) < 4.78 is 5.01. The van der Waals surface area contributed by atoms with Crippen LogP contribution in [0.5, 0.6) is 0 Å². The zero-order chi connectivity index (χ0) is 17.5. The summed E-state index contributed by atoms with van der Waals surface area (Å²) in [6, 6.07) is 0. The van der Waals surface area contributed by atoms with Crippen LogP contribution in [0, 0.1) is 22.7 Å². The highest BCUT2D eigenvalue weighted by atomic mass is 16.5. The van der Waals surface area contributed by atoms with Crippen molar-refractivity contribution in [3.8, 4) is 0 Å². The third-order valence-corrected chi connectivity index (χ3v) is 7.20. The van der Waals surface area contributed by atoms with Gasteiger partial charge in [-0.2, -0.15) is 0 Å². The summed E-state index contributed by atoms with van der Waals surface area (Å²) in [7, 11) is 0. The largest absolute Gasteiger partial charge is 0.458 e. The van der Waals surface area contributed by atoms with Gasteiger partial charge in [0.2, 0.25) is 0 Å². The van der Waals surface area contributed by atoms with Crippen molar-refractivity contribution < 1.29 is 19.7 Å². The molecule has 0 aromatic rings. The maximum absolute atomic E-state index is 11.7. The fourth-order valence-electron chi connectivity index (χ4n) is 5.63. The summed E-state index contributed by atoms with van der Waals surface area (Å²) in [5, 5.41) is 20.5. The van der Waals surface area contributed by atoms with Crippen LogP contribution in [0.25, 0.3) is 0 Å². The van der Waals surface area contributed by atoms with Gasteiger partial charge in [-0.25, -0.2) is 4.79 Å². The Kier molecular flexibility index (Phi) is 4.65. The molecule has 0 saturated heterocycles. The molecule has 3 rings (SSSR count). The Labute approximate surface area is 144 Å². The van der Waals surface area contributed by atoms with Gasteiger partial charge in [0.05, 0.1) is 12.7 Å². The number of hydrogen-bond donors (Lipinski definition) is 2. The zero-order valence-corrected chi connectivity index (χ0v) is 14.9. The Balaban J connectivity index is 1.83. The highest BCUT2D eigenvalue weighted by Crippen LogP contribution is 2.61. The molecule has 0 spiro atoms. The van der Waals surface area contributed by atoms with E-state index < -0.39 is 11.5 Å². The van der Waals surface area contributed by atoms with Crippen LogP contribution >= 0.6 is 0 Å². The lowest BCUT2D eigenvalue weighted by Crippen LogP contribution is -2.57. The summed E-state index contributed by atoms with van der Waals surface area (Å²) >= 11 is 0. The third kappa shape index (κ3) is 2.64. The van der Waals surface area contributed by atoms with Crippen LogP contribution in [-0.4, -0.2) is 35.5 Å². The van der Waals surface area contributed by atoms with Crippen LogP contribution in [0.4, 0.5) is 0 Å². The Morgan fingerprint density at radius 1 is 1.38 bits per heavy atom. The molecule has 24 heavy (non-hydrogen) atoms. The molecule has 0 amide bonds. The summed E-state index contributed by atoms with van der Waals surface area (Å²) in [6.07, 6.45) is 6.64. The number of fused-ring (bicyclic) bond motifs is 1. The monoisotopic (exact) mass is 334 g/mol. The quantitative estimate of drug-likeness (QED) is 0.613. The van der Waals surface area contributed by atoms with Gasteiger partial charge in [0.15, 0.2) is 0 Å². The normalized spacial score (nSPS) is 42.5. The van der Waals surface area contributed by atoms with Crippen molar-refractivity contribution in [2.75, 3.05) is 13.2 Å². The molecule has 0 aromatic heterocycles. The Hall–Kier alpha value is -1.13. The smallest absolute Gasteiger partial charge is 0.334 e. The van der Waals surface area contributed by atoms with Crippen LogP contribution in [0.3, 0.4) is 0 Å². The number of carbonyl (C=O) groups excluding carboxylic acids is 1. The van der Waals surface area contributed by atoms with E-state index in [2.05, 4.69) is 13.5 Å². The van der Waals surface area contributed by atoms with Crippen LogP contribution in [0.1, 0.15) is 52.4 Å². The third-order valence-electron chi connectivity index (χ3n) is 7.20. The first-order valence-corrected chi connectivity index (χ1v) is 9.15. The lowest BCUT2D eigenvalue weighted by Gasteiger charge is -2.60. The average molecular weight is 334 g/mol. The fraction of sp³-hybridized carbons (Fsp3) is 0.750. The molecule has 3 aliphatic rings. The molecule has 1 heterocycles. The lowest BCUT2D eigenvalue weighted by molar-refractivity contribution is -0.152. The molecule has 0 aromatic carbocycles. The molecule has 2 N–H and O–H groups in total. The summed E-state index contributed by atoms with van der Waals surface area (Å²) in [5.74, 6) is 0.417. The van der Waals surface area contributed by atoms with Crippen LogP contribution in [0.2, 0.25) is 0 Å². The van der Waals surface area contributed by atoms with Gasteiger partial charge in [0.1, 0.15) is 6.61 Å². The van der Waals surface area contributed by atoms with Crippen molar-refractivity contribution in [3.63, 3.8) is 0 Å². The van der Waals surface area contributed by atoms with Crippen LogP contribution in [0.15, 0.2) is 23.8 Å². The van der Waals surface area contributed by atoms with E-state index in [-0.39, 0.29) is 23.9 Å². The summed E-state index contributed by atoms with van der Waals surface area (Å²) in [6.45, 7) is 9.07. The van der Waals surface area contributed by atoms with Gasteiger partial charge < -0.3 is 14.9 Å². The van der Waals surface area contributed by atoms with E-state index >= 15 is 0 Å². The number of aliphatic hydroxyl groups is 2. The van der Waals surface area contributed by atoms with E-state index in [4.69, 9.17) is 4.74 Å². The van der Waals surface area contributed by atoms with E-state index in [0.29, 0.717) is 12.5 Å². The second-order valence-electron chi connectivity index (χ2n) is 8.39. The zero-order valence-electron chi connectivity index (χ0n) is 14.9. The van der Waals surface area contributed by atoms with Gasteiger partial charge in [-0.15, -0.1) is 0 Å². The predicted molar refractivity (Wildman–Crippen MR) is 92.2 cm³/mol. The highest BCUT2D eigenvalue weighted by molar-refractivity contribution is 5.90. The number of carbonyl (C=O) groups is 1. The second-order valence-corrected chi connectivity index (χ2v) is 8.39. The lowest BCUT2D eigenvalue weighted by atomic mass is 9.46. The van der Waals surface area contributed by atoms with Crippen molar-refractivity contribution in [1.82, 2.24) is 0 Å². The molecule has 2 aliphatic carbocycles. The van der Waals surface area contributed by atoms with Crippen molar-refractivity contribution in [1.29, 1.82) is 0 Å². The van der Waals surface area contributed by atoms with E-state index in [1.54, 1.807) is 0 Å². The van der Waals surface area contributed by atoms with Crippen LogP contribution < -0.4 is 0 Å². The molecular formula is C20H30O4. The van der Waals surface area contributed by atoms with E-state index in [9.17, 15) is 15.0 Å². The first-order chi connectivity index (χ1) is 11.3. The molecule has 4 heteroatoms. The molecule has 0 bridgehead atoms. The molecule has 0 radical (unpaired) electrons. The molecule has 0 unspecified atom stereocenters. The number of esters is 1. The fourth-order valence-corrected chi connectivity index (χ4v) is 5.63. The second kappa shape index (κ2) is 6.30. The predicted octanol–water partition coefficient (Wildman–Crippen LogP) is 2.99. The highest BCUT2D eigenvalue weighted by Gasteiger charge is 2.57. The SMILES string of the molecule is C=C1CC[C@@H]2[C@](C)(CC[C@H](O)[C@]2(C)CO)[C@H]1CCC1=CCOC1=O. The van der Waals surface area contributed by atoms with E-state index in [0.717, 1.165) is 44.1 Å². The van der Waals surface area contributed by atoms with Crippen LogP contribution in [-0.2, 0) is 9.53 Å². The van der Waals surface area contributed by atoms with E-state index in [1.165, 1.54) is 5.57 Å². The first-order valence-electron chi connectivity index (χ1n) is 9.15. The first kappa shape index (κ1) is 17.7. The maximum Gasteiger partial charge on any atom is 0.334 e. The number of ether oxygens (including phenoxy) is 1. The summed E-state index contributed by atoms with van der Waals surface area (Å²) in [5.41, 5.74) is 1.62. The molecule has 2 fully saturated rings. The van der Waals surface area contributed by atoms with Gasteiger partial charge in [-0.3, -0.25) is 0 Å². The van der Waals surface area contributed by atoms with E-state index in [1.807, 2.05) is 13.0 Å². The number of cyclic esters (lactones) is 1. The van der Waals surface area contributed by atoms with Crippen molar-refractivity contribution in [2.45, 2.75) is 58.5 Å². The molecule has 1 aliphatic heterocycles. The minimum atomic E-state index is -0.447. The Morgan fingerprint density at radius 2 is 2.12 bits per heavy atom. The Morgan fingerprint density at radius 3 is 2.75 bits per heavy atom. The standard InChI is InChI=1S/C20H30O4/c1-13-4-7-16-19(2,10-8-17(22)20(16,3)12-21)15(13)6-5-14-9-11-24-18(14)23/h9,15-17,21-22H,1,4-8,10-12H2,2-3H3/t15-,16+,17-,19+,20+/m0/s1. The minimum Gasteiger partial charge on any atom is -0.458 e. The number of rotatable bonds is 4. The summed E-state index contributed by atoms with van der Waals surface area (Å²) in [4.78, 5) is 11.7. The number of hydrogen-bond acceptors (Lipinski definition) is 4. The van der Waals surface area contributed by atoms with Gasteiger partial charge in [-0.1, -0.05) is 26.0 Å². The van der Waals surface area contributed by atoms with Gasteiger partial charge in [-0.05, 0) is 61.9 Å². The molecule has 2 saturated carbocycles. The van der Waals surface area contributed by atoms with Gasteiger partial charge >= 0.3 is 5.97 Å². The van der Waals surface area contributed by atoms with Gasteiger partial charge in [0.25, 0.3) is 0 Å². The molecular weight excluding hydrogens is 304 g/mol. The Bertz CT molecular complexity index is 566. The molecule has 4 nitrogen and oxygen atoms in total.